The molecule has 84 valence electrons. The fourth-order valence-corrected chi connectivity index (χ4v) is 2.13. The average Bonchev–Trinajstić information content (AvgIpc) is 2.39. The van der Waals surface area contributed by atoms with Crippen LogP contribution in [0.5, 0.6) is 5.75 Å². The molecule has 0 saturated heterocycles. The number of hydrogen-bond donors (Lipinski definition) is 0. The minimum atomic E-state index is -0.00937. The number of fused-ring (bicyclic) bond motifs is 1. The second kappa shape index (κ2) is 4.27. The van der Waals surface area contributed by atoms with Crippen molar-refractivity contribution in [1.29, 1.82) is 0 Å². The molecule has 2 aromatic rings. The maximum Gasteiger partial charge on any atom is 0.142 e. The summed E-state index contributed by atoms with van der Waals surface area (Å²) >= 11 is 5.94. The van der Waals surface area contributed by atoms with Crippen LogP contribution in [0.15, 0.2) is 54.6 Å². The molecule has 2 aromatic carbocycles. The Kier molecular flexibility index (Phi) is 2.62. The van der Waals surface area contributed by atoms with Gasteiger partial charge in [-0.1, -0.05) is 48.0 Å². The molecule has 0 unspecified atom stereocenters. The van der Waals surface area contributed by atoms with Crippen molar-refractivity contribution in [1.82, 2.24) is 0 Å². The maximum absolute atomic E-state index is 5.94. The minimum Gasteiger partial charge on any atom is -0.481 e. The molecular weight excluding hydrogens is 232 g/mol. The van der Waals surface area contributed by atoms with Crippen molar-refractivity contribution >= 4 is 17.7 Å². The Morgan fingerprint density at radius 2 is 1.82 bits per heavy atom. The zero-order valence-electron chi connectivity index (χ0n) is 9.14. The Morgan fingerprint density at radius 1 is 1.00 bits per heavy atom. The highest BCUT2D eigenvalue weighted by Crippen LogP contribution is 2.33. The molecule has 17 heavy (non-hydrogen) atoms. The molecule has 1 atom stereocenters. The second-order valence-corrected chi connectivity index (χ2v) is 4.43. The first-order valence-electron chi connectivity index (χ1n) is 5.52. The molecule has 1 nitrogen and oxygen atoms in total. The van der Waals surface area contributed by atoms with E-state index in [0.717, 1.165) is 21.9 Å². The van der Waals surface area contributed by atoms with Gasteiger partial charge < -0.3 is 4.74 Å². The van der Waals surface area contributed by atoms with Crippen molar-refractivity contribution in [2.75, 3.05) is 0 Å². The third-order valence-electron chi connectivity index (χ3n) is 2.80. The predicted octanol–water partition coefficient (Wildman–Crippen LogP) is 4.49. The Morgan fingerprint density at radius 3 is 2.65 bits per heavy atom. The molecule has 0 fully saturated rings. The lowest BCUT2D eigenvalue weighted by Crippen LogP contribution is -2.08. The van der Waals surface area contributed by atoms with Crippen LogP contribution in [-0.2, 0) is 0 Å². The van der Waals surface area contributed by atoms with E-state index in [9.17, 15) is 0 Å². The van der Waals surface area contributed by atoms with Crippen molar-refractivity contribution in [3.63, 3.8) is 0 Å². The van der Waals surface area contributed by atoms with Gasteiger partial charge in [0, 0.05) is 10.6 Å². The molecule has 0 aromatic heterocycles. The first kappa shape index (κ1) is 10.4. The maximum atomic E-state index is 5.94. The SMILES string of the molecule is Clc1ccc2c(c1)C=C[C@@H](c1ccccc1)O2. The minimum absolute atomic E-state index is 0.00937. The Hall–Kier alpha value is -1.73. The molecule has 2 heteroatoms. The molecule has 1 aliphatic heterocycles. The smallest absolute Gasteiger partial charge is 0.142 e. The van der Waals surface area contributed by atoms with Crippen LogP contribution in [0.25, 0.3) is 6.08 Å². The van der Waals surface area contributed by atoms with Crippen LogP contribution >= 0.6 is 11.6 Å². The summed E-state index contributed by atoms with van der Waals surface area (Å²) in [6.07, 6.45) is 4.10. The van der Waals surface area contributed by atoms with E-state index in [4.69, 9.17) is 16.3 Å². The summed E-state index contributed by atoms with van der Waals surface area (Å²) in [6.45, 7) is 0. The van der Waals surface area contributed by atoms with Crippen LogP contribution in [0.3, 0.4) is 0 Å². The predicted molar refractivity (Wildman–Crippen MR) is 70.3 cm³/mol. The van der Waals surface area contributed by atoms with Gasteiger partial charge in [0.2, 0.25) is 0 Å². The van der Waals surface area contributed by atoms with Crippen molar-refractivity contribution in [3.8, 4) is 5.75 Å². The largest absolute Gasteiger partial charge is 0.481 e. The van der Waals surface area contributed by atoms with Crippen molar-refractivity contribution in [2.45, 2.75) is 6.10 Å². The van der Waals surface area contributed by atoms with Crippen molar-refractivity contribution < 1.29 is 4.74 Å². The highest BCUT2D eigenvalue weighted by molar-refractivity contribution is 6.30. The van der Waals surface area contributed by atoms with Crippen molar-refractivity contribution in [2.24, 2.45) is 0 Å². The van der Waals surface area contributed by atoms with Crippen LogP contribution < -0.4 is 4.74 Å². The molecule has 1 heterocycles. The number of halogens is 1. The zero-order chi connectivity index (χ0) is 11.7. The number of rotatable bonds is 1. The van der Waals surface area contributed by atoms with Crippen LogP contribution in [0.4, 0.5) is 0 Å². The van der Waals surface area contributed by atoms with Crippen LogP contribution in [0, 0.1) is 0 Å². The summed E-state index contributed by atoms with van der Waals surface area (Å²) in [7, 11) is 0. The van der Waals surface area contributed by atoms with Gasteiger partial charge in [-0.05, 0) is 29.8 Å². The first-order valence-corrected chi connectivity index (χ1v) is 5.90. The normalized spacial score (nSPS) is 17.4. The molecule has 0 aliphatic carbocycles. The standard InChI is InChI=1S/C15H11ClO/c16-13-7-9-15-12(10-13)6-8-14(17-15)11-4-2-1-3-5-11/h1-10,14H/t14-/m0/s1. The van der Waals surface area contributed by atoms with Crippen LogP contribution in [-0.4, -0.2) is 0 Å². The molecule has 0 saturated carbocycles. The van der Waals surface area contributed by atoms with Crippen molar-refractivity contribution in [3.05, 3.63) is 70.8 Å². The molecule has 0 bridgehead atoms. The summed E-state index contributed by atoms with van der Waals surface area (Å²) in [5.74, 6) is 0.880. The third-order valence-corrected chi connectivity index (χ3v) is 3.04. The summed E-state index contributed by atoms with van der Waals surface area (Å²) in [5.41, 5.74) is 2.19. The Labute approximate surface area is 105 Å². The van der Waals surface area contributed by atoms with E-state index in [2.05, 4.69) is 18.2 Å². The van der Waals surface area contributed by atoms with E-state index in [0.29, 0.717) is 0 Å². The van der Waals surface area contributed by atoms with Gasteiger partial charge in [0.05, 0.1) is 0 Å². The molecule has 0 N–H and O–H groups in total. The van der Waals surface area contributed by atoms with Gasteiger partial charge in [0.1, 0.15) is 11.9 Å². The molecule has 0 amide bonds. The average molecular weight is 243 g/mol. The van der Waals surface area contributed by atoms with Gasteiger partial charge in [-0.15, -0.1) is 0 Å². The lowest BCUT2D eigenvalue weighted by molar-refractivity contribution is 0.252. The fourth-order valence-electron chi connectivity index (χ4n) is 1.95. The highest BCUT2D eigenvalue weighted by atomic mass is 35.5. The topological polar surface area (TPSA) is 9.23 Å². The van der Waals surface area contributed by atoms with E-state index in [1.807, 2.05) is 42.5 Å². The van der Waals surface area contributed by atoms with Gasteiger partial charge in [0.15, 0.2) is 0 Å². The summed E-state index contributed by atoms with van der Waals surface area (Å²) in [4.78, 5) is 0. The van der Waals surface area contributed by atoms with Crippen LogP contribution in [0.2, 0.25) is 5.02 Å². The lowest BCUT2D eigenvalue weighted by atomic mass is 10.0. The Bertz CT molecular complexity index is 560. The summed E-state index contributed by atoms with van der Waals surface area (Å²) in [5, 5.41) is 0.732. The van der Waals surface area contributed by atoms with E-state index in [1.165, 1.54) is 0 Å². The Balaban J connectivity index is 1.94. The van der Waals surface area contributed by atoms with E-state index >= 15 is 0 Å². The molecule has 0 spiro atoms. The highest BCUT2D eigenvalue weighted by Gasteiger charge is 2.15. The summed E-state index contributed by atoms with van der Waals surface area (Å²) in [6, 6.07) is 15.8. The molecule has 3 rings (SSSR count). The van der Waals surface area contributed by atoms with Gasteiger partial charge in [-0.25, -0.2) is 0 Å². The van der Waals surface area contributed by atoms with E-state index in [1.54, 1.807) is 0 Å². The number of ether oxygens (including phenoxy) is 1. The number of benzene rings is 2. The van der Waals surface area contributed by atoms with E-state index < -0.39 is 0 Å². The second-order valence-electron chi connectivity index (χ2n) is 3.99. The van der Waals surface area contributed by atoms with Crippen LogP contribution in [0.1, 0.15) is 17.2 Å². The summed E-state index contributed by atoms with van der Waals surface area (Å²) < 4.78 is 5.93. The fraction of sp³-hybridized carbons (Fsp3) is 0.0667. The zero-order valence-corrected chi connectivity index (χ0v) is 9.89. The monoisotopic (exact) mass is 242 g/mol. The molecule has 0 radical (unpaired) electrons. The van der Waals surface area contributed by atoms with Gasteiger partial charge in [0.25, 0.3) is 0 Å². The van der Waals surface area contributed by atoms with Gasteiger partial charge >= 0.3 is 0 Å². The van der Waals surface area contributed by atoms with Gasteiger partial charge in [-0.3, -0.25) is 0 Å². The molecule has 1 aliphatic rings. The third kappa shape index (κ3) is 2.06. The quantitative estimate of drug-likeness (QED) is 0.716. The van der Waals surface area contributed by atoms with E-state index in [-0.39, 0.29) is 6.10 Å². The number of hydrogen-bond acceptors (Lipinski definition) is 1. The van der Waals surface area contributed by atoms with Gasteiger partial charge in [-0.2, -0.15) is 0 Å². The molecular formula is C15H11ClO. The first-order chi connectivity index (χ1) is 8.33. The lowest BCUT2D eigenvalue weighted by Gasteiger charge is -2.21.